The van der Waals surface area contributed by atoms with Crippen LogP contribution in [-0.2, 0) is 10.2 Å². The number of Topliss-reactive ketones (excluding diaryl/α,β-unsaturated/α-hetero) is 1. The van der Waals surface area contributed by atoms with Crippen LogP contribution in [0.3, 0.4) is 0 Å². The number of fused-ring (bicyclic) bond motifs is 2. The lowest BCUT2D eigenvalue weighted by Crippen LogP contribution is -2.44. The molecule has 30 heavy (non-hydrogen) atoms. The van der Waals surface area contributed by atoms with Gasteiger partial charge < -0.3 is 14.7 Å². The second kappa shape index (κ2) is 7.55. The summed E-state index contributed by atoms with van der Waals surface area (Å²) in [6.45, 7) is 3.04. The number of benzene rings is 2. The minimum Gasteiger partial charge on any atom is -0.492 e. The van der Waals surface area contributed by atoms with Crippen LogP contribution in [0.2, 0.25) is 0 Å². The minimum absolute atomic E-state index is 0.00277. The van der Waals surface area contributed by atoms with Gasteiger partial charge in [-0.1, -0.05) is 42.5 Å². The van der Waals surface area contributed by atoms with Crippen LogP contribution < -0.4 is 4.74 Å². The van der Waals surface area contributed by atoms with Crippen LogP contribution in [0.4, 0.5) is 0 Å². The van der Waals surface area contributed by atoms with E-state index in [2.05, 4.69) is 23.1 Å². The Morgan fingerprint density at radius 2 is 1.87 bits per heavy atom. The lowest BCUT2D eigenvalue weighted by Gasteiger charge is -2.38. The predicted molar refractivity (Wildman–Crippen MR) is 113 cm³/mol. The molecule has 1 aliphatic carbocycles. The molecule has 2 unspecified atom stereocenters. The third-order valence-corrected chi connectivity index (χ3v) is 7.15. The highest BCUT2D eigenvalue weighted by Gasteiger charge is 2.46. The number of hydrogen-bond acceptors (Lipinski definition) is 4. The Morgan fingerprint density at radius 1 is 1.10 bits per heavy atom. The molecule has 5 nitrogen and oxygen atoms in total. The van der Waals surface area contributed by atoms with Gasteiger partial charge in [-0.15, -0.1) is 0 Å². The zero-order chi connectivity index (χ0) is 20.7. The lowest BCUT2D eigenvalue weighted by atomic mass is 9.74. The van der Waals surface area contributed by atoms with Crippen molar-refractivity contribution in [1.82, 2.24) is 4.90 Å². The molecule has 156 valence electrons. The molecule has 2 aliphatic heterocycles. The molecule has 2 atom stereocenters. The van der Waals surface area contributed by atoms with Gasteiger partial charge in [-0.3, -0.25) is 9.59 Å². The van der Waals surface area contributed by atoms with Gasteiger partial charge in [-0.25, -0.2) is 0 Å². The van der Waals surface area contributed by atoms with Gasteiger partial charge in [0.05, 0.1) is 13.0 Å². The number of hydrogen-bond donors (Lipinski definition) is 1. The SMILES string of the molecule is O=C(O)CCN1CCC2(CC1)COc1cc(C(=O)C3CC3c3ccccc3)ccc12. The van der Waals surface area contributed by atoms with E-state index in [9.17, 15) is 9.59 Å². The Labute approximate surface area is 176 Å². The van der Waals surface area contributed by atoms with Crippen molar-refractivity contribution in [3.63, 3.8) is 0 Å². The zero-order valence-corrected chi connectivity index (χ0v) is 17.0. The molecule has 0 amide bonds. The molecule has 0 bridgehead atoms. The van der Waals surface area contributed by atoms with Gasteiger partial charge in [0.25, 0.3) is 0 Å². The molecule has 2 aromatic carbocycles. The van der Waals surface area contributed by atoms with Crippen molar-refractivity contribution in [2.75, 3.05) is 26.2 Å². The van der Waals surface area contributed by atoms with Gasteiger partial charge in [0.15, 0.2) is 5.78 Å². The first-order chi connectivity index (χ1) is 14.6. The maximum absolute atomic E-state index is 13.0. The van der Waals surface area contributed by atoms with Gasteiger partial charge in [0, 0.05) is 29.0 Å². The Bertz CT molecular complexity index is 962. The Morgan fingerprint density at radius 3 is 2.60 bits per heavy atom. The minimum atomic E-state index is -0.743. The predicted octanol–water partition coefficient (Wildman–Crippen LogP) is 3.87. The number of ether oxygens (including phenoxy) is 1. The molecule has 1 saturated heterocycles. The van der Waals surface area contributed by atoms with Crippen molar-refractivity contribution in [2.24, 2.45) is 5.92 Å². The van der Waals surface area contributed by atoms with Crippen LogP contribution in [0.1, 0.15) is 53.1 Å². The summed E-state index contributed by atoms with van der Waals surface area (Å²) >= 11 is 0. The highest BCUT2D eigenvalue weighted by Crippen LogP contribution is 2.50. The molecule has 2 heterocycles. The summed E-state index contributed by atoms with van der Waals surface area (Å²) in [5.41, 5.74) is 3.23. The molecule has 2 fully saturated rings. The Balaban J connectivity index is 1.26. The summed E-state index contributed by atoms with van der Waals surface area (Å²) in [5.74, 6) is 0.760. The number of likely N-dealkylation sites (tertiary alicyclic amines) is 1. The van der Waals surface area contributed by atoms with Gasteiger partial charge in [-0.05, 0) is 49.9 Å². The first-order valence-electron chi connectivity index (χ1n) is 10.9. The summed E-state index contributed by atoms with van der Waals surface area (Å²) in [4.78, 5) is 26.1. The highest BCUT2D eigenvalue weighted by atomic mass is 16.5. The number of piperidine rings is 1. The highest BCUT2D eigenvalue weighted by molar-refractivity contribution is 6.00. The van der Waals surface area contributed by atoms with E-state index < -0.39 is 5.97 Å². The maximum atomic E-state index is 13.0. The largest absolute Gasteiger partial charge is 0.492 e. The molecule has 2 aromatic rings. The van der Waals surface area contributed by atoms with Crippen LogP contribution in [0, 0.1) is 5.92 Å². The first-order valence-corrected chi connectivity index (χ1v) is 10.9. The average molecular weight is 405 g/mol. The molecule has 0 aromatic heterocycles. The van der Waals surface area contributed by atoms with Crippen molar-refractivity contribution in [2.45, 2.75) is 37.0 Å². The fraction of sp³-hybridized carbons (Fsp3) is 0.440. The van der Waals surface area contributed by atoms with Crippen molar-refractivity contribution in [1.29, 1.82) is 0 Å². The second-order valence-corrected chi connectivity index (χ2v) is 8.99. The fourth-order valence-electron chi connectivity index (χ4n) is 5.17. The molecular weight excluding hydrogens is 378 g/mol. The summed E-state index contributed by atoms with van der Waals surface area (Å²) in [6.07, 6.45) is 3.05. The number of ketones is 1. The van der Waals surface area contributed by atoms with Crippen molar-refractivity contribution < 1.29 is 19.4 Å². The van der Waals surface area contributed by atoms with Crippen LogP contribution in [0.25, 0.3) is 0 Å². The zero-order valence-electron chi connectivity index (χ0n) is 17.0. The van der Waals surface area contributed by atoms with E-state index in [1.54, 1.807) is 0 Å². The van der Waals surface area contributed by atoms with Crippen LogP contribution >= 0.6 is 0 Å². The van der Waals surface area contributed by atoms with Gasteiger partial charge in [0.2, 0.25) is 0 Å². The van der Waals surface area contributed by atoms with E-state index in [4.69, 9.17) is 9.84 Å². The van der Waals surface area contributed by atoms with E-state index in [1.165, 1.54) is 11.1 Å². The van der Waals surface area contributed by atoms with Crippen LogP contribution in [0.5, 0.6) is 5.75 Å². The van der Waals surface area contributed by atoms with E-state index in [0.29, 0.717) is 19.1 Å². The third-order valence-electron chi connectivity index (χ3n) is 7.15. The standard InChI is InChI=1S/C25H27NO4/c27-23(28)8-11-26-12-9-25(10-13-26)16-30-22-14-18(6-7-21(22)25)24(29)20-15-19(20)17-4-2-1-3-5-17/h1-7,14,19-20H,8-13,15-16H2,(H,27,28). The van der Waals surface area contributed by atoms with E-state index >= 15 is 0 Å². The first kappa shape index (κ1) is 19.3. The summed E-state index contributed by atoms with van der Waals surface area (Å²) in [6, 6.07) is 16.3. The van der Waals surface area contributed by atoms with E-state index in [-0.39, 0.29) is 23.5 Å². The van der Waals surface area contributed by atoms with Gasteiger partial charge >= 0.3 is 5.97 Å². The molecule has 3 aliphatic rings. The summed E-state index contributed by atoms with van der Waals surface area (Å²) in [5, 5.41) is 8.90. The molecule has 5 heteroatoms. The molecule has 1 spiro atoms. The number of aliphatic carboxylic acids is 1. The smallest absolute Gasteiger partial charge is 0.304 e. The molecular formula is C25H27NO4. The van der Waals surface area contributed by atoms with E-state index in [1.807, 2.05) is 30.3 Å². The second-order valence-electron chi connectivity index (χ2n) is 8.99. The quantitative estimate of drug-likeness (QED) is 0.739. The average Bonchev–Trinajstić information content (AvgIpc) is 3.51. The number of nitrogens with zero attached hydrogens (tertiary/aromatic N) is 1. The lowest BCUT2D eigenvalue weighted by molar-refractivity contribution is -0.137. The number of carbonyl (C=O) groups is 2. The maximum Gasteiger partial charge on any atom is 0.304 e. The fourth-order valence-corrected chi connectivity index (χ4v) is 5.17. The Kier molecular flexibility index (Phi) is 4.86. The molecule has 0 radical (unpaired) electrons. The number of carboxylic acids is 1. The Hall–Kier alpha value is -2.66. The number of rotatable bonds is 6. The van der Waals surface area contributed by atoms with Gasteiger partial charge in [0.1, 0.15) is 5.75 Å². The number of carbonyl (C=O) groups excluding carboxylic acids is 1. The normalized spacial score (nSPS) is 24.3. The number of carboxylic acid groups (broad SMARTS) is 1. The molecule has 5 rings (SSSR count). The van der Waals surface area contributed by atoms with Gasteiger partial charge in [-0.2, -0.15) is 0 Å². The van der Waals surface area contributed by atoms with E-state index in [0.717, 1.165) is 43.7 Å². The topological polar surface area (TPSA) is 66.8 Å². The molecule has 1 N–H and O–H groups in total. The summed E-state index contributed by atoms with van der Waals surface area (Å²) in [7, 11) is 0. The van der Waals surface area contributed by atoms with Crippen molar-refractivity contribution >= 4 is 11.8 Å². The van der Waals surface area contributed by atoms with Crippen LogP contribution in [-0.4, -0.2) is 48.0 Å². The van der Waals surface area contributed by atoms with Crippen molar-refractivity contribution in [3.05, 3.63) is 65.2 Å². The monoisotopic (exact) mass is 405 g/mol. The summed E-state index contributed by atoms with van der Waals surface area (Å²) < 4.78 is 6.06. The van der Waals surface area contributed by atoms with Crippen molar-refractivity contribution in [3.8, 4) is 5.75 Å². The van der Waals surface area contributed by atoms with Crippen LogP contribution in [0.15, 0.2) is 48.5 Å². The molecule has 1 saturated carbocycles. The third kappa shape index (κ3) is 3.52.